The Hall–Kier alpha value is -0.650. The fourth-order valence-electron chi connectivity index (χ4n) is 1.21. The number of aliphatic hydroxyl groups is 1. The van der Waals surface area contributed by atoms with E-state index in [4.69, 9.17) is 9.63 Å². The Morgan fingerprint density at radius 1 is 1.27 bits per heavy atom. The molecule has 0 atom stereocenters. The van der Waals surface area contributed by atoms with Crippen molar-refractivity contribution in [1.82, 2.24) is 5.16 Å². The summed E-state index contributed by atoms with van der Waals surface area (Å²) >= 11 is 6.81. The van der Waals surface area contributed by atoms with E-state index in [0.29, 0.717) is 11.5 Å². The lowest BCUT2D eigenvalue weighted by atomic mass is 10.1. The smallest absolute Gasteiger partial charge is 0.162 e. The van der Waals surface area contributed by atoms with Gasteiger partial charge in [-0.25, -0.2) is 0 Å². The van der Waals surface area contributed by atoms with Crippen LogP contribution in [0.4, 0.5) is 0 Å². The zero-order chi connectivity index (χ0) is 10.8. The number of hydrogen-bond donors (Lipinski definition) is 1. The second kappa shape index (κ2) is 4.47. The van der Waals surface area contributed by atoms with Gasteiger partial charge in [0.2, 0.25) is 0 Å². The fraction of sp³-hybridized carbons (Fsp3) is 0.100. The Kier molecular flexibility index (Phi) is 3.23. The Morgan fingerprint density at radius 2 is 2.07 bits per heavy atom. The highest BCUT2D eigenvalue weighted by atomic mass is 79.9. The molecule has 0 bridgehead atoms. The van der Waals surface area contributed by atoms with Crippen molar-refractivity contribution in [3.05, 3.63) is 39.0 Å². The minimum Gasteiger partial charge on any atom is -0.388 e. The van der Waals surface area contributed by atoms with E-state index in [-0.39, 0.29) is 6.61 Å². The average molecular weight is 333 g/mol. The van der Waals surface area contributed by atoms with E-state index in [1.54, 1.807) is 6.07 Å². The Morgan fingerprint density at radius 3 is 2.67 bits per heavy atom. The highest BCUT2D eigenvalue weighted by Gasteiger charge is 2.09. The molecule has 0 aliphatic heterocycles. The first-order valence-electron chi connectivity index (χ1n) is 4.22. The fourth-order valence-corrected chi connectivity index (χ4v) is 2.46. The van der Waals surface area contributed by atoms with Crippen molar-refractivity contribution in [3.63, 3.8) is 0 Å². The molecule has 1 N–H and O–H groups in total. The number of benzene rings is 1. The van der Waals surface area contributed by atoms with Crippen molar-refractivity contribution in [3.8, 4) is 11.3 Å². The molecular weight excluding hydrogens is 326 g/mol. The highest BCUT2D eigenvalue weighted by Crippen LogP contribution is 2.30. The molecule has 0 aliphatic rings. The van der Waals surface area contributed by atoms with Crippen LogP contribution in [0.3, 0.4) is 0 Å². The lowest BCUT2D eigenvalue weighted by Gasteiger charge is -1.99. The zero-order valence-corrected chi connectivity index (χ0v) is 10.7. The third-order valence-corrected chi connectivity index (χ3v) is 3.07. The van der Waals surface area contributed by atoms with Gasteiger partial charge >= 0.3 is 0 Å². The third kappa shape index (κ3) is 2.30. The van der Waals surface area contributed by atoms with Gasteiger partial charge in [-0.3, -0.25) is 0 Å². The molecule has 0 radical (unpaired) electrons. The van der Waals surface area contributed by atoms with E-state index in [2.05, 4.69) is 37.0 Å². The summed E-state index contributed by atoms with van der Waals surface area (Å²) in [5, 5.41) is 12.7. The molecule has 15 heavy (non-hydrogen) atoms. The van der Waals surface area contributed by atoms with Crippen molar-refractivity contribution < 1.29 is 9.63 Å². The van der Waals surface area contributed by atoms with Crippen LogP contribution in [-0.4, -0.2) is 10.3 Å². The quantitative estimate of drug-likeness (QED) is 0.917. The van der Waals surface area contributed by atoms with Crippen LogP contribution in [0, 0.1) is 0 Å². The maximum absolute atomic E-state index is 8.86. The maximum Gasteiger partial charge on any atom is 0.162 e. The van der Waals surface area contributed by atoms with Crippen LogP contribution >= 0.6 is 31.9 Å². The van der Waals surface area contributed by atoms with Crippen molar-refractivity contribution in [1.29, 1.82) is 0 Å². The SMILES string of the molecule is OCc1cc(-c2ccc(Br)cc2Br)no1. The van der Waals surface area contributed by atoms with Gasteiger partial charge in [0.15, 0.2) is 5.76 Å². The second-order valence-electron chi connectivity index (χ2n) is 2.96. The van der Waals surface area contributed by atoms with Crippen LogP contribution in [-0.2, 0) is 6.61 Å². The predicted octanol–water partition coefficient (Wildman–Crippen LogP) is 3.36. The number of nitrogens with zero attached hydrogens (tertiary/aromatic N) is 1. The van der Waals surface area contributed by atoms with E-state index >= 15 is 0 Å². The molecule has 1 aromatic carbocycles. The van der Waals surface area contributed by atoms with Crippen molar-refractivity contribution in [2.24, 2.45) is 0 Å². The van der Waals surface area contributed by atoms with Crippen molar-refractivity contribution in [2.45, 2.75) is 6.61 Å². The van der Waals surface area contributed by atoms with E-state index in [0.717, 1.165) is 14.5 Å². The molecule has 3 nitrogen and oxygen atoms in total. The molecule has 1 aromatic heterocycles. The predicted molar refractivity (Wildman–Crippen MR) is 63.3 cm³/mol. The van der Waals surface area contributed by atoms with Gasteiger partial charge in [0.05, 0.1) is 0 Å². The molecule has 5 heteroatoms. The van der Waals surface area contributed by atoms with Gasteiger partial charge in [-0.15, -0.1) is 0 Å². The van der Waals surface area contributed by atoms with E-state index in [9.17, 15) is 0 Å². The lowest BCUT2D eigenvalue weighted by molar-refractivity contribution is 0.229. The van der Waals surface area contributed by atoms with Crippen LogP contribution in [0.5, 0.6) is 0 Å². The molecule has 0 aliphatic carbocycles. The number of hydrogen-bond acceptors (Lipinski definition) is 3. The molecule has 1 heterocycles. The maximum atomic E-state index is 8.86. The van der Waals surface area contributed by atoms with Gasteiger partial charge in [-0.2, -0.15) is 0 Å². The summed E-state index contributed by atoms with van der Waals surface area (Å²) in [7, 11) is 0. The molecule has 0 unspecified atom stereocenters. The largest absolute Gasteiger partial charge is 0.388 e. The minimum atomic E-state index is -0.138. The molecular formula is C10H7Br2NO2. The Balaban J connectivity index is 2.44. The van der Waals surface area contributed by atoms with Crippen LogP contribution in [0.1, 0.15) is 5.76 Å². The first-order chi connectivity index (χ1) is 7.20. The molecule has 78 valence electrons. The number of aliphatic hydroxyl groups excluding tert-OH is 1. The number of aromatic nitrogens is 1. The molecule has 0 saturated heterocycles. The summed E-state index contributed by atoms with van der Waals surface area (Å²) in [5.74, 6) is 0.458. The molecule has 0 spiro atoms. The second-order valence-corrected chi connectivity index (χ2v) is 4.73. The van der Waals surface area contributed by atoms with Gasteiger partial charge in [0, 0.05) is 20.6 Å². The average Bonchev–Trinajstić information content (AvgIpc) is 2.66. The minimum absolute atomic E-state index is 0.138. The van der Waals surface area contributed by atoms with Crippen molar-refractivity contribution in [2.75, 3.05) is 0 Å². The standard InChI is InChI=1S/C10H7Br2NO2/c11-6-1-2-8(9(12)3-6)10-4-7(5-14)15-13-10/h1-4,14H,5H2. The highest BCUT2D eigenvalue weighted by molar-refractivity contribution is 9.11. The van der Waals surface area contributed by atoms with Gasteiger partial charge in [0.1, 0.15) is 12.3 Å². The molecule has 0 amide bonds. The summed E-state index contributed by atoms with van der Waals surface area (Å²) < 4.78 is 6.84. The summed E-state index contributed by atoms with van der Waals surface area (Å²) in [6.07, 6.45) is 0. The van der Waals surface area contributed by atoms with Gasteiger partial charge in [-0.1, -0.05) is 43.1 Å². The number of rotatable bonds is 2. The van der Waals surface area contributed by atoms with Gasteiger partial charge < -0.3 is 9.63 Å². The molecule has 2 rings (SSSR count). The number of halogens is 2. The monoisotopic (exact) mass is 331 g/mol. The van der Waals surface area contributed by atoms with Gasteiger partial charge in [0.25, 0.3) is 0 Å². The lowest BCUT2D eigenvalue weighted by Crippen LogP contribution is -1.79. The first-order valence-corrected chi connectivity index (χ1v) is 5.81. The van der Waals surface area contributed by atoms with E-state index in [1.807, 2.05) is 18.2 Å². The summed E-state index contributed by atoms with van der Waals surface area (Å²) in [4.78, 5) is 0. The zero-order valence-electron chi connectivity index (χ0n) is 7.58. The normalized spacial score (nSPS) is 10.6. The molecule has 2 aromatic rings. The Bertz CT molecular complexity index is 482. The van der Waals surface area contributed by atoms with Crippen LogP contribution < -0.4 is 0 Å². The summed E-state index contributed by atoms with van der Waals surface area (Å²) in [5.41, 5.74) is 1.64. The van der Waals surface area contributed by atoms with Gasteiger partial charge in [-0.05, 0) is 12.1 Å². The Labute approximate surface area is 103 Å². The molecule has 0 fully saturated rings. The van der Waals surface area contributed by atoms with Crippen LogP contribution in [0.25, 0.3) is 11.3 Å². The summed E-state index contributed by atoms with van der Waals surface area (Å²) in [6, 6.07) is 7.50. The van der Waals surface area contributed by atoms with Crippen molar-refractivity contribution >= 4 is 31.9 Å². The topological polar surface area (TPSA) is 46.3 Å². The van der Waals surface area contributed by atoms with Crippen LogP contribution in [0.2, 0.25) is 0 Å². The van der Waals surface area contributed by atoms with E-state index < -0.39 is 0 Å². The van der Waals surface area contributed by atoms with Crippen LogP contribution in [0.15, 0.2) is 37.7 Å². The first kappa shape index (κ1) is 10.9. The third-order valence-electron chi connectivity index (χ3n) is 1.92. The van der Waals surface area contributed by atoms with E-state index in [1.165, 1.54) is 0 Å². The summed E-state index contributed by atoms with van der Waals surface area (Å²) in [6.45, 7) is -0.138. The molecule has 0 saturated carbocycles.